The molecule has 0 aromatic heterocycles. The van der Waals surface area contributed by atoms with E-state index in [0.29, 0.717) is 11.1 Å². The van der Waals surface area contributed by atoms with Gasteiger partial charge >= 0.3 is 0 Å². The van der Waals surface area contributed by atoms with Gasteiger partial charge in [-0.3, -0.25) is 9.35 Å². The fraction of sp³-hybridized carbons (Fsp3) is 0.381. The zero-order chi connectivity index (χ0) is 24.1. The maximum Gasteiger partial charge on any atom is 0.268 e. The molecule has 2 aromatic carbocycles. The smallest absolute Gasteiger partial charge is 0.268 e. The molecule has 2 aromatic rings. The van der Waals surface area contributed by atoms with Crippen LogP contribution in [0.4, 0.5) is 0 Å². The number of hydrogen-bond acceptors (Lipinski definition) is 9. The Balaban J connectivity index is 2.04. The molecule has 0 fully saturated rings. The maximum atomic E-state index is 12.4. The number of carbonyl (C=O) groups excluding carboxylic acids is 1. The first-order valence-electron chi connectivity index (χ1n) is 9.62. The van der Waals surface area contributed by atoms with Gasteiger partial charge in [-0.1, -0.05) is 0 Å². The topological polar surface area (TPSA) is 171 Å². The number of hydrogen-bond donors (Lipinski definition) is 5. The van der Waals surface area contributed by atoms with E-state index in [1.165, 1.54) is 38.5 Å². The molecule has 0 saturated carbocycles. The Kier molecular flexibility index (Phi) is 8.17. The lowest BCUT2D eigenvalue weighted by molar-refractivity contribution is -0.119. The SMILES string of the molecule is COc1cc(CCC(=O)C[C@@H](CCc2cc(O)c(O)c(OC)c2)S(=O)(=O)O)cc(O)c1O. The van der Waals surface area contributed by atoms with E-state index in [2.05, 4.69) is 0 Å². The van der Waals surface area contributed by atoms with Gasteiger partial charge in [-0.15, -0.1) is 0 Å². The van der Waals surface area contributed by atoms with Gasteiger partial charge in [0.25, 0.3) is 10.1 Å². The van der Waals surface area contributed by atoms with Crippen molar-refractivity contribution in [3.05, 3.63) is 35.4 Å². The molecule has 0 unspecified atom stereocenters. The lowest BCUT2D eigenvalue weighted by Crippen LogP contribution is -2.25. The minimum atomic E-state index is -4.53. The summed E-state index contributed by atoms with van der Waals surface area (Å²) in [5, 5.41) is 37.4. The van der Waals surface area contributed by atoms with Gasteiger partial charge in [-0.25, -0.2) is 0 Å². The lowest BCUT2D eigenvalue weighted by Gasteiger charge is -2.14. The van der Waals surface area contributed by atoms with Crippen LogP contribution in [-0.4, -0.2) is 58.6 Å². The van der Waals surface area contributed by atoms with Gasteiger partial charge < -0.3 is 29.9 Å². The van der Waals surface area contributed by atoms with Crippen molar-refractivity contribution in [3.8, 4) is 34.5 Å². The molecule has 0 heterocycles. The van der Waals surface area contributed by atoms with Gasteiger partial charge in [0.1, 0.15) is 5.78 Å². The number of methoxy groups -OCH3 is 2. The largest absolute Gasteiger partial charge is 0.504 e. The van der Waals surface area contributed by atoms with Crippen LogP contribution in [-0.2, 0) is 27.8 Å². The monoisotopic (exact) mass is 470 g/mol. The number of ketones is 1. The van der Waals surface area contributed by atoms with Crippen LogP contribution in [0.2, 0.25) is 0 Å². The Bertz CT molecular complexity index is 1080. The lowest BCUT2D eigenvalue weighted by atomic mass is 10.0. The first kappa shape index (κ1) is 25.1. The first-order valence-corrected chi connectivity index (χ1v) is 11.1. The van der Waals surface area contributed by atoms with E-state index in [1.54, 1.807) is 0 Å². The Morgan fingerprint density at radius 1 is 0.875 bits per heavy atom. The summed E-state index contributed by atoms with van der Waals surface area (Å²) in [6.45, 7) is 0. The molecule has 0 aliphatic carbocycles. The second-order valence-electron chi connectivity index (χ2n) is 7.25. The highest BCUT2D eigenvalue weighted by molar-refractivity contribution is 7.86. The average Bonchev–Trinajstić information content (AvgIpc) is 2.73. The third-order valence-corrected chi connectivity index (χ3v) is 6.24. The van der Waals surface area contributed by atoms with E-state index in [0.717, 1.165) is 0 Å². The van der Waals surface area contributed by atoms with Crippen LogP contribution in [0.5, 0.6) is 34.5 Å². The summed E-state index contributed by atoms with van der Waals surface area (Å²) >= 11 is 0. The number of rotatable bonds is 11. The van der Waals surface area contributed by atoms with Crippen LogP contribution in [0, 0.1) is 0 Å². The molecule has 11 heteroatoms. The summed E-state index contributed by atoms with van der Waals surface area (Å²) < 4.78 is 43.0. The highest BCUT2D eigenvalue weighted by atomic mass is 32.2. The van der Waals surface area contributed by atoms with Crippen LogP contribution in [0.15, 0.2) is 24.3 Å². The number of Topliss-reactive ketones (excluding diaryl/α,β-unsaturated/α-hetero) is 1. The quantitative estimate of drug-likeness (QED) is 0.242. The Morgan fingerprint density at radius 3 is 1.78 bits per heavy atom. The molecule has 32 heavy (non-hydrogen) atoms. The molecule has 5 N–H and O–H groups in total. The standard InChI is InChI=1S/C21H26O10S/c1-30-18-9-12(7-16(23)20(18)25)3-5-14(22)11-15(32(27,28)29)6-4-13-8-17(24)21(26)19(10-13)31-2/h7-10,15,23-26H,3-6,11H2,1-2H3,(H,27,28,29)/t15-/m1/s1. The molecule has 0 amide bonds. The van der Waals surface area contributed by atoms with E-state index in [4.69, 9.17) is 9.47 Å². The highest BCUT2D eigenvalue weighted by Crippen LogP contribution is 2.37. The zero-order valence-corrected chi connectivity index (χ0v) is 18.4. The Morgan fingerprint density at radius 2 is 1.34 bits per heavy atom. The summed E-state index contributed by atoms with van der Waals surface area (Å²) in [5.41, 5.74) is 0.950. The van der Waals surface area contributed by atoms with Crippen molar-refractivity contribution >= 4 is 15.9 Å². The van der Waals surface area contributed by atoms with Crippen molar-refractivity contribution in [1.82, 2.24) is 0 Å². The van der Waals surface area contributed by atoms with Crippen molar-refractivity contribution < 1.29 is 47.7 Å². The van der Waals surface area contributed by atoms with Crippen molar-refractivity contribution in [2.24, 2.45) is 0 Å². The van der Waals surface area contributed by atoms with Gasteiger partial charge in [0.05, 0.1) is 19.5 Å². The number of aromatic hydroxyl groups is 4. The van der Waals surface area contributed by atoms with Crippen LogP contribution in [0.1, 0.15) is 30.4 Å². The Labute approximate surface area is 185 Å². The van der Waals surface area contributed by atoms with Crippen LogP contribution >= 0.6 is 0 Å². The maximum absolute atomic E-state index is 12.4. The van der Waals surface area contributed by atoms with Gasteiger partial charge in [-0.05, 0) is 54.7 Å². The summed E-state index contributed by atoms with van der Waals surface area (Å²) in [6, 6.07) is 5.39. The molecule has 1 atom stereocenters. The highest BCUT2D eigenvalue weighted by Gasteiger charge is 2.26. The van der Waals surface area contributed by atoms with Crippen molar-refractivity contribution in [2.45, 2.75) is 37.4 Å². The van der Waals surface area contributed by atoms with Gasteiger partial charge in [0.2, 0.25) is 11.5 Å². The number of aryl methyl sites for hydroxylation is 2. The normalized spacial score (nSPS) is 12.3. The minimum absolute atomic E-state index is 0.00654. The van der Waals surface area contributed by atoms with Gasteiger partial charge in [0, 0.05) is 12.8 Å². The average molecular weight is 470 g/mol. The predicted octanol–water partition coefficient (Wildman–Crippen LogP) is 2.31. The molecule has 0 aliphatic heterocycles. The second kappa shape index (κ2) is 10.4. The Hall–Kier alpha value is -3.18. The van der Waals surface area contributed by atoms with Crippen LogP contribution in [0.3, 0.4) is 0 Å². The van der Waals surface area contributed by atoms with Crippen molar-refractivity contribution in [3.63, 3.8) is 0 Å². The van der Waals surface area contributed by atoms with Crippen LogP contribution in [0.25, 0.3) is 0 Å². The fourth-order valence-electron chi connectivity index (χ4n) is 3.22. The fourth-order valence-corrected chi connectivity index (χ4v) is 4.03. The van der Waals surface area contributed by atoms with Crippen LogP contribution < -0.4 is 9.47 Å². The van der Waals surface area contributed by atoms with Crippen molar-refractivity contribution in [1.29, 1.82) is 0 Å². The summed E-state index contributed by atoms with van der Waals surface area (Å²) in [4.78, 5) is 12.4. The number of carbonyl (C=O) groups is 1. The van der Waals surface area contributed by atoms with E-state index in [-0.39, 0.29) is 37.2 Å². The summed E-state index contributed by atoms with van der Waals surface area (Å²) in [7, 11) is -1.92. The third-order valence-electron chi connectivity index (χ3n) is 4.99. The molecule has 2 rings (SSSR count). The predicted molar refractivity (Wildman–Crippen MR) is 114 cm³/mol. The zero-order valence-electron chi connectivity index (χ0n) is 17.6. The number of phenols is 4. The molecular weight excluding hydrogens is 444 g/mol. The minimum Gasteiger partial charge on any atom is -0.504 e. The van der Waals surface area contributed by atoms with E-state index < -0.39 is 50.6 Å². The summed E-state index contributed by atoms with van der Waals surface area (Å²) in [5.74, 6) is -2.10. The molecular formula is C21H26O10S. The van der Waals surface area contributed by atoms with E-state index >= 15 is 0 Å². The molecule has 0 aliphatic rings. The van der Waals surface area contributed by atoms with Crippen molar-refractivity contribution in [2.75, 3.05) is 14.2 Å². The second-order valence-corrected chi connectivity index (χ2v) is 8.95. The molecule has 176 valence electrons. The molecule has 0 bridgehead atoms. The molecule has 10 nitrogen and oxygen atoms in total. The van der Waals surface area contributed by atoms with E-state index in [9.17, 15) is 38.2 Å². The van der Waals surface area contributed by atoms with Gasteiger partial charge in [0.15, 0.2) is 23.0 Å². The summed E-state index contributed by atoms with van der Waals surface area (Å²) in [6.07, 6.45) is -0.352. The van der Waals surface area contributed by atoms with E-state index in [1.807, 2.05) is 0 Å². The number of phenolic OH excluding ortho intramolecular Hbond substituents is 4. The van der Waals surface area contributed by atoms with Gasteiger partial charge in [-0.2, -0.15) is 8.42 Å². The molecule has 0 radical (unpaired) electrons. The third kappa shape index (κ3) is 6.41. The molecule has 0 spiro atoms. The number of ether oxygens (including phenoxy) is 2. The molecule has 0 saturated heterocycles. The first-order chi connectivity index (χ1) is 15.0. The number of benzene rings is 2.